The molecule has 0 aromatic heterocycles. The van der Waals surface area contributed by atoms with Crippen molar-refractivity contribution in [3.8, 4) is 5.75 Å². The third-order valence-electron chi connectivity index (χ3n) is 4.71. The number of nitrogens with one attached hydrogen (secondary N) is 1. The maximum atomic E-state index is 5.40. The second-order valence-corrected chi connectivity index (χ2v) is 6.47. The zero-order chi connectivity index (χ0) is 15.3. The number of nitrogens with zero attached hydrogens (tertiary/aromatic N) is 1. The summed E-state index contributed by atoms with van der Waals surface area (Å²) in [5.74, 6) is 0.935. The van der Waals surface area contributed by atoms with Gasteiger partial charge in [0.05, 0.1) is 13.2 Å². The van der Waals surface area contributed by atoms with Crippen LogP contribution in [0.2, 0.25) is 0 Å². The molecule has 0 aliphatic carbocycles. The molecule has 2 rings (SSSR count). The molecule has 0 bridgehead atoms. The number of likely N-dealkylation sites (tertiary alicyclic amines) is 1. The van der Waals surface area contributed by atoms with Gasteiger partial charge in [0.1, 0.15) is 5.75 Å². The van der Waals surface area contributed by atoms with E-state index in [2.05, 4.69) is 49.2 Å². The van der Waals surface area contributed by atoms with Gasteiger partial charge in [-0.2, -0.15) is 0 Å². The molecular formula is C18H30N2O. The maximum Gasteiger partial charge on any atom is 0.119 e. The van der Waals surface area contributed by atoms with E-state index in [0.29, 0.717) is 6.04 Å². The molecule has 0 saturated carbocycles. The number of rotatable bonds is 6. The molecule has 0 radical (unpaired) electrons. The summed E-state index contributed by atoms with van der Waals surface area (Å²) in [4.78, 5) is 2.64. The van der Waals surface area contributed by atoms with E-state index in [-0.39, 0.29) is 5.54 Å². The largest absolute Gasteiger partial charge is 0.497 e. The summed E-state index contributed by atoms with van der Waals surface area (Å²) in [6, 6.07) is 8.79. The Hall–Kier alpha value is -1.06. The van der Waals surface area contributed by atoms with Crippen LogP contribution in [0.4, 0.5) is 0 Å². The molecule has 1 aliphatic rings. The molecule has 1 unspecified atom stereocenters. The first-order valence-electron chi connectivity index (χ1n) is 8.22. The average molecular weight is 290 g/mol. The molecule has 1 N–H and O–H groups in total. The Labute approximate surface area is 129 Å². The van der Waals surface area contributed by atoms with E-state index in [1.54, 1.807) is 7.11 Å². The Balaban J connectivity index is 2.27. The van der Waals surface area contributed by atoms with E-state index >= 15 is 0 Å². The van der Waals surface area contributed by atoms with Crippen molar-refractivity contribution in [1.82, 2.24) is 10.2 Å². The lowest BCUT2D eigenvalue weighted by molar-refractivity contribution is 0.0612. The summed E-state index contributed by atoms with van der Waals surface area (Å²) in [6.07, 6.45) is 4.01. The summed E-state index contributed by atoms with van der Waals surface area (Å²) in [7, 11) is 1.73. The zero-order valence-electron chi connectivity index (χ0n) is 14.0. The summed E-state index contributed by atoms with van der Waals surface area (Å²) >= 11 is 0. The Morgan fingerprint density at radius 3 is 2.57 bits per heavy atom. The fourth-order valence-electron chi connectivity index (χ4n) is 3.45. The van der Waals surface area contributed by atoms with Crippen molar-refractivity contribution >= 4 is 0 Å². The molecule has 0 amide bonds. The van der Waals surface area contributed by atoms with Gasteiger partial charge in [0.2, 0.25) is 0 Å². The first-order valence-corrected chi connectivity index (χ1v) is 8.22. The molecule has 1 fully saturated rings. The van der Waals surface area contributed by atoms with Gasteiger partial charge in [-0.05, 0) is 64.0 Å². The molecule has 3 heteroatoms. The van der Waals surface area contributed by atoms with Crippen LogP contribution in [-0.2, 0) is 0 Å². The third-order valence-corrected chi connectivity index (χ3v) is 4.71. The van der Waals surface area contributed by atoms with E-state index in [0.717, 1.165) is 12.3 Å². The van der Waals surface area contributed by atoms with Crippen LogP contribution in [0.15, 0.2) is 24.3 Å². The summed E-state index contributed by atoms with van der Waals surface area (Å²) in [5, 5.41) is 3.69. The Morgan fingerprint density at radius 1 is 1.24 bits per heavy atom. The number of likely N-dealkylation sites (N-methyl/N-ethyl adjacent to an activating group) is 1. The predicted molar refractivity (Wildman–Crippen MR) is 88.9 cm³/mol. The SMILES string of the molecule is CCNC(c1cccc(OC)c1)C(C)(C)N1CCCCC1. The van der Waals surface area contributed by atoms with Crippen LogP contribution in [0.1, 0.15) is 51.6 Å². The Morgan fingerprint density at radius 2 is 1.95 bits per heavy atom. The first kappa shape index (κ1) is 16.3. The first-order chi connectivity index (χ1) is 10.1. The fraction of sp³-hybridized carbons (Fsp3) is 0.667. The standard InChI is InChI=1S/C18H30N2O/c1-5-19-17(15-10-9-11-16(14-15)21-4)18(2,3)20-12-7-6-8-13-20/h9-11,14,17,19H,5-8,12-13H2,1-4H3. The highest BCUT2D eigenvalue weighted by molar-refractivity contribution is 5.32. The van der Waals surface area contributed by atoms with Gasteiger partial charge in [0.25, 0.3) is 0 Å². The van der Waals surface area contributed by atoms with Gasteiger partial charge >= 0.3 is 0 Å². The number of benzene rings is 1. The summed E-state index contributed by atoms with van der Waals surface area (Å²) in [5.41, 5.74) is 1.41. The minimum absolute atomic E-state index is 0.1000. The lowest BCUT2D eigenvalue weighted by atomic mass is 9.85. The molecule has 1 saturated heterocycles. The van der Waals surface area contributed by atoms with E-state index in [9.17, 15) is 0 Å². The van der Waals surface area contributed by atoms with Gasteiger partial charge in [-0.1, -0.05) is 25.5 Å². The molecule has 0 spiro atoms. The molecule has 21 heavy (non-hydrogen) atoms. The molecular weight excluding hydrogens is 260 g/mol. The van der Waals surface area contributed by atoms with Gasteiger partial charge in [-0.15, -0.1) is 0 Å². The van der Waals surface area contributed by atoms with Crippen LogP contribution in [-0.4, -0.2) is 37.2 Å². The number of piperidine rings is 1. The Kier molecular flexibility index (Phi) is 5.65. The number of methoxy groups -OCH3 is 1. The van der Waals surface area contributed by atoms with Gasteiger partial charge in [0, 0.05) is 5.54 Å². The average Bonchev–Trinajstić information content (AvgIpc) is 2.53. The minimum atomic E-state index is 0.1000. The molecule has 1 aliphatic heterocycles. The molecule has 1 aromatic carbocycles. The monoisotopic (exact) mass is 290 g/mol. The number of hydrogen-bond donors (Lipinski definition) is 1. The molecule has 1 atom stereocenters. The minimum Gasteiger partial charge on any atom is -0.497 e. The van der Waals surface area contributed by atoms with Crippen molar-refractivity contribution < 1.29 is 4.74 Å². The van der Waals surface area contributed by atoms with Gasteiger partial charge in [0.15, 0.2) is 0 Å². The zero-order valence-corrected chi connectivity index (χ0v) is 14.0. The highest BCUT2D eigenvalue weighted by atomic mass is 16.5. The molecule has 1 heterocycles. The molecule has 118 valence electrons. The number of hydrogen-bond acceptors (Lipinski definition) is 3. The summed E-state index contributed by atoms with van der Waals surface area (Å²) < 4.78 is 5.40. The van der Waals surface area contributed by atoms with Crippen LogP contribution in [0, 0.1) is 0 Å². The lowest BCUT2D eigenvalue weighted by Gasteiger charge is -2.46. The van der Waals surface area contributed by atoms with Crippen molar-refractivity contribution in [2.45, 2.75) is 51.6 Å². The second kappa shape index (κ2) is 7.28. The molecule has 1 aromatic rings. The van der Waals surface area contributed by atoms with E-state index in [1.165, 1.54) is 37.9 Å². The smallest absolute Gasteiger partial charge is 0.119 e. The van der Waals surface area contributed by atoms with Crippen molar-refractivity contribution in [3.63, 3.8) is 0 Å². The van der Waals surface area contributed by atoms with Crippen molar-refractivity contribution in [3.05, 3.63) is 29.8 Å². The number of ether oxygens (including phenoxy) is 1. The normalized spacial score (nSPS) is 18.5. The van der Waals surface area contributed by atoms with Crippen LogP contribution < -0.4 is 10.1 Å². The van der Waals surface area contributed by atoms with E-state index in [1.807, 2.05) is 6.07 Å². The summed E-state index contributed by atoms with van der Waals surface area (Å²) in [6.45, 7) is 10.3. The van der Waals surface area contributed by atoms with Crippen LogP contribution in [0.5, 0.6) is 5.75 Å². The Bertz CT molecular complexity index is 439. The lowest BCUT2D eigenvalue weighted by Crippen LogP contribution is -2.54. The fourth-order valence-corrected chi connectivity index (χ4v) is 3.45. The van der Waals surface area contributed by atoms with Crippen LogP contribution in [0.25, 0.3) is 0 Å². The van der Waals surface area contributed by atoms with E-state index in [4.69, 9.17) is 4.74 Å². The second-order valence-electron chi connectivity index (χ2n) is 6.47. The predicted octanol–water partition coefficient (Wildman–Crippen LogP) is 3.61. The quantitative estimate of drug-likeness (QED) is 0.866. The van der Waals surface area contributed by atoms with Crippen molar-refractivity contribution in [2.75, 3.05) is 26.7 Å². The van der Waals surface area contributed by atoms with Crippen molar-refractivity contribution in [1.29, 1.82) is 0 Å². The van der Waals surface area contributed by atoms with Gasteiger partial charge in [-0.25, -0.2) is 0 Å². The third kappa shape index (κ3) is 3.78. The molecule has 3 nitrogen and oxygen atoms in total. The van der Waals surface area contributed by atoms with Crippen LogP contribution in [0.3, 0.4) is 0 Å². The van der Waals surface area contributed by atoms with E-state index < -0.39 is 0 Å². The topological polar surface area (TPSA) is 24.5 Å². The van der Waals surface area contributed by atoms with Gasteiger partial charge in [-0.3, -0.25) is 4.90 Å². The van der Waals surface area contributed by atoms with Crippen molar-refractivity contribution in [2.24, 2.45) is 0 Å². The maximum absolute atomic E-state index is 5.40. The van der Waals surface area contributed by atoms with Crippen LogP contribution >= 0.6 is 0 Å². The highest BCUT2D eigenvalue weighted by Gasteiger charge is 2.36. The highest BCUT2D eigenvalue weighted by Crippen LogP contribution is 2.34. The van der Waals surface area contributed by atoms with Gasteiger partial charge < -0.3 is 10.1 Å².